The first kappa shape index (κ1) is 14.6. The van der Waals surface area contributed by atoms with E-state index in [1.807, 2.05) is 0 Å². The first-order valence-electron chi connectivity index (χ1n) is 3.54. The number of hydrogen-bond acceptors (Lipinski definition) is 4. The molecular weight excluding hydrogens is 255 g/mol. The fourth-order valence-electron chi connectivity index (χ4n) is 0.560. The van der Waals surface area contributed by atoms with Crippen LogP contribution in [0.15, 0.2) is 0 Å². The molecule has 0 aromatic carbocycles. The van der Waals surface area contributed by atoms with Gasteiger partial charge in [-0.1, -0.05) is 0 Å². The molecule has 0 spiro atoms. The Labute approximate surface area is 86.1 Å². The molecule has 0 rings (SSSR count). The minimum atomic E-state index is -4.20. The zero-order valence-electron chi connectivity index (χ0n) is 7.17. The maximum atomic E-state index is 11.0. The third-order valence-electron chi connectivity index (χ3n) is 1.000. The number of halogens is 1. The van der Waals surface area contributed by atoms with Crippen LogP contribution in [0.25, 0.3) is 0 Å². The van der Waals surface area contributed by atoms with Gasteiger partial charge >= 0.3 is 15.2 Å². The lowest BCUT2D eigenvalue weighted by molar-refractivity contribution is 0.273. The van der Waals surface area contributed by atoms with Crippen molar-refractivity contribution in [3.05, 3.63) is 0 Å². The van der Waals surface area contributed by atoms with Crippen molar-refractivity contribution in [2.24, 2.45) is 0 Å². The van der Waals surface area contributed by atoms with E-state index in [0.717, 1.165) is 0 Å². The van der Waals surface area contributed by atoms with Crippen LogP contribution in [0.2, 0.25) is 0 Å². The average Bonchev–Trinajstić information content (AvgIpc) is 1.98. The number of alkyl halides is 1. The van der Waals surface area contributed by atoms with Gasteiger partial charge in [-0.15, -0.1) is 11.6 Å². The topological polar surface area (TPSA) is 116 Å². The molecule has 0 bridgehead atoms. The Morgan fingerprint density at radius 1 is 1.21 bits per heavy atom. The van der Waals surface area contributed by atoms with E-state index in [1.165, 1.54) is 0 Å². The van der Waals surface area contributed by atoms with Crippen molar-refractivity contribution < 1.29 is 28.3 Å². The van der Waals surface area contributed by atoms with Crippen molar-refractivity contribution in [2.75, 3.05) is 25.1 Å². The molecule has 1 unspecified atom stereocenters. The molecule has 0 aliphatic heterocycles. The average molecular weight is 268 g/mol. The molecule has 4 N–H and O–H groups in total. The van der Waals surface area contributed by atoms with Crippen LogP contribution < -0.4 is 5.32 Å². The second kappa shape index (κ2) is 6.20. The summed E-state index contributed by atoms with van der Waals surface area (Å²) in [6.45, 7) is -0.0904. The Bertz CT molecular complexity index is 254. The molecule has 86 valence electrons. The Kier molecular flexibility index (Phi) is 6.45. The highest BCUT2D eigenvalue weighted by Crippen LogP contribution is 2.41. The van der Waals surface area contributed by atoms with Gasteiger partial charge in [-0.3, -0.25) is 14.4 Å². The summed E-state index contributed by atoms with van der Waals surface area (Å²) < 4.78 is 25.8. The van der Waals surface area contributed by atoms with Crippen molar-refractivity contribution in [1.29, 1.82) is 0 Å². The lowest BCUT2D eigenvalue weighted by Crippen LogP contribution is -2.18. The fourth-order valence-corrected chi connectivity index (χ4v) is 2.19. The zero-order chi connectivity index (χ0) is 11.2. The molecule has 0 amide bonds. The molecule has 10 heteroatoms. The number of nitrogens with one attached hydrogen (secondary N) is 1. The van der Waals surface area contributed by atoms with Gasteiger partial charge in [-0.2, -0.15) is 0 Å². The molecule has 1 atom stereocenters. The number of hydrogen-bond donors (Lipinski definition) is 4. The highest BCUT2D eigenvalue weighted by molar-refractivity contribution is 7.53. The molecule has 0 aromatic rings. The van der Waals surface area contributed by atoms with Crippen molar-refractivity contribution in [1.82, 2.24) is 5.32 Å². The summed E-state index contributed by atoms with van der Waals surface area (Å²) >= 11 is 5.21. The van der Waals surface area contributed by atoms with E-state index in [9.17, 15) is 9.13 Å². The molecule has 0 fully saturated rings. The number of rotatable bonds is 7. The predicted octanol–water partition coefficient (Wildman–Crippen LogP) is 0.109. The van der Waals surface area contributed by atoms with Gasteiger partial charge < -0.3 is 19.2 Å². The standard InChI is InChI=1S/C4H12ClNO6P2/c5-1-2-12-14(10,11)4-6-3-13(7,8)9/h6H,1-4H2,(H,10,11)(H2,7,8,9). The molecule has 0 heterocycles. The maximum absolute atomic E-state index is 11.0. The summed E-state index contributed by atoms with van der Waals surface area (Å²) in [7, 11) is -8.04. The van der Waals surface area contributed by atoms with Crippen LogP contribution in [0, 0.1) is 0 Å². The van der Waals surface area contributed by atoms with E-state index in [4.69, 9.17) is 26.3 Å². The summed E-state index contributed by atoms with van der Waals surface area (Å²) in [5, 5.41) is 2.13. The van der Waals surface area contributed by atoms with Gasteiger partial charge in [0.05, 0.1) is 19.2 Å². The Hall–Kier alpha value is 0.550. The molecule has 0 aromatic heterocycles. The monoisotopic (exact) mass is 267 g/mol. The smallest absolute Gasteiger partial charge is 0.324 e. The van der Waals surface area contributed by atoms with E-state index >= 15 is 0 Å². The third kappa shape index (κ3) is 9.12. The lowest BCUT2D eigenvalue weighted by Gasteiger charge is -2.12. The van der Waals surface area contributed by atoms with E-state index in [-0.39, 0.29) is 12.5 Å². The van der Waals surface area contributed by atoms with Crippen LogP contribution in [0.5, 0.6) is 0 Å². The molecule has 0 aliphatic carbocycles. The third-order valence-corrected chi connectivity index (χ3v) is 3.00. The van der Waals surface area contributed by atoms with Crippen LogP contribution in [-0.4, -0.2) is 39.7 Å². The van der Waals surface area contributed by atoms with Crippen molar-refractivity contribution >= 4 is 26.8 Å². The highest BCUT2D eigenvalue weighted by atomic mass is 35.5. The summed E-state index contributed by atoms with van der Waals surface area (Å²) in [6, 6.07) is 0. The van der Waals surface area contributed by atoms with Crippen LogP contribution >= 0.6 is 26.8 Å². The molecule has 14 heavy (non-hydrogen) atoms. The van der Waals surface area contributed by atoms with Gasteiger partial charge in [0.2, 0.25) is 0 Å². The summed E-state index contributed by atoms with van der Waals surface area (Å²) in [4.78, 5) is 25.8. The Balaban J connectivity index is 3.77. The highest BCUT2D eigenvalue weighted by Gasteiger charge is 2.20. The van der Waals surface area contributed by atoms with Crippen molar-refractivity contribution in [2.45, 2.75) is 0 Å². The van der Waals surface area contributed by atoms with Crippen molar-refractivity contribution in [3.8, 4) is 0 Å². The first-order valence-corrected chi connectivity index (χ1v) is 7.64. The molecule has 0 saturated heterocycles. The minimum absolute atomic E-state index is 0.0725. The summed E-state index contributed by atoms with van der Waals surface area (Å²) in [6.07, 6.45) is -1.18. The van der Waals surface area contributed by atoms with Gasteiger partial charge in [0.25, 0.3) is 0 Å². The first-order chi connectivity index (χ1) is 6.27. The normalized spacial score (nSPS) is 16.6. The van der Waals surface area contributed by atoms with Gasteiger partial charge in [0.15, 0.2) is 0 Å². The minimum Gasteiger partial charge on any atom is -0.324 e. The largest absolute Gasteiger partial charge is 0.341 e. The van der Waals surface area contributed by atoms with Crippen LogP contribution in [-0.2, 0) is 13.7 Å². The van der Waals surface area contributed by atoms with Crippen molar-refractivity contribution in [3.63, 3.8) is 0 Å². The van der Waals surface area contributed by atoms with Crippen LogP contribution in [0.3, 0.4) is 0 Å². The molecular formula is C4H12ClNO6P2. The van der Waals surface area contributed by atoms with Gasteiger partial charge in [-0.25, -0.2) is 0 Å². The SMILES string of the molecule is O=P(O)(O)CNCP(=O)(O)OCCCl. The Morgan fingerprint density at radius 3 is 2.21 bits per heavy atom. The van der Waals surface area contributed by atoms with E-state index in [0.29, 0.717) is 0 Å². The van der Waals surface area contributed by atoms with Gasteiger partial charge in [-0.05, 0) is 0 Å². The molecule has 0 aliphatic rings. The summed E-state index contributed by atoms with van der Waals surface area (Å²) in [5.74, 6) is 0.0725. The summed E-state index contributed by atoms with van der Waals surface area (Å²) in [5.41, 5.74) is 0. The zero-order valence-corrected chi connectivity index (χ0v) is 9.71. The van der Waals surface area contributed by atoms with Crippen LogP contribution in [0.4, 0.5) is 0 Å². The molecule has 0 saturated carbocycles. The van der Waals surface area contributed by atoms with Gasteiger partial charge in [0.1, 0.15) is 0 Å². The molecule has 0 radical (unpaired) electrons. The maximum Gasteiger partial charge on any atom is 0.341 e. The van der Waals surface area contributed by atoms with Gasteiger partial charge in [0, 0.05) is 5.88 Å². The van der Waals surface area contributed by atoms with Crippen LogP contribution in [0.1, 0.15) is 0 Å². The van der Waals surface area contributed by atoms with E-state index in [2.05, 4.69) is 9.84 Å². The Morgan fingerprint density at radius 2 is 1.79 bits per heavy atom. The quantitative estimate of drug-likeness (QED) is 0.382. The fraction of sp³-hybridized carbons (Fsp3) is 1.00. The predicted molar refractivity (Wildman–Crippen MR) is 51.4 cm³/mol. The lowest BCUT2D eigenvalue weighted by atomic mass is 10.9. The second-order valence-electron chi connectivity index (χ2n) is 2.39. The van der Waals surface area contributed by atoms with E-state index in [1.54, 1.807) is 0 Å². The van der Waals surface area contributed by atoms with E-state index < -0.39 is 27.8 Å². The molecule has 7 nitrogen and oxygen atoms in total. The second-order valence-corrected chi connectivity index (χ2v) is 6.26.